The molecule has 1 aromatic rings. The lowest BCUT2D eigenvalue weighted by atomic mass is 9.91. The second-order valence-corrected chi connectivity index (χ2v) is 8.76. The lowest BCUT2D eigenvalue weighted by molar-refractivity contribution is -0.122. The molecule has 2 unspecified atom stereocenters. The van der Waals surface area contributed by atoms with Crippen molar-refractivity contribution in [2.24, 2.45) is 5.92 Å². The Hall–Kier alpha value is -1.50. The Morgan fingerprint density at radius 1 is 1.22 bits per heavy atom. The fourth-order valence-corrected chi connectivity index (χ4v) is 6.12. The van der Waals surface area contributed by atoms with Gasteiger partial charge in [0.15, 0.2) is 9.84 Å². The summed E-state index contributed by atoms with van der Waals surface area (Å²) in [6, 6.07) is 6.09. The maximum Gasteiger partial charge on any atom is 0.387 e. The number of benzene rings is 1. The van der Waals surface area contributed by atoms with Gasteiger partial charge in [0.25, 0.3) is 0 Å². The van der Waals surface area contributed by atoms with Crippen LogP contribution in [-0.2, 0) is 21.1 Å². The molecule has 0 radical (unpaired) electrons. The van der Waals surface area contributed by atoms with E-state index < -0.39 is 16.4 Å². The fraction of sp³-hybridized carbons (Fsp3) is 0.562. The number of ketones is 1. The minimum atomic E-state index is -3.04. The Labute approximate surface area is 133 Å². The molecule has 2 atom stereocenters. The van der Waals surface area contributed by atoms with Gasteiger partial charge in [-0.05, 0) is 43.4 Å². The van der Waals surface area contributed by atoms with E-state index in [0.29, 0.717) is 31.2 Å². The van der Waals surface area contributed by atoms with E-state index >= 15 is 0 Å². The van der Waals surface area contributed by atoms with Crippen molar-refractivity contribution < 1.29 is 26.7 Å². The number of halogens is 2. The van der Waals surface area contributed by atoms with Gasteiger partial charge < -0.3 is 4.74 Å². The molecule has 4 nitrogen and oxygen atoms in total. The Bertz CT molecular complexity index is 682. The highest BCUT2D eigenvalue weighted by atomic mass is 32.2. The van der Waals surface area contributed by atoms with Crippen LogP contribution in [0.3, 0.4) is 0 Å². The molecule has 2 bridgehead atoms. The number of rotatable bonds is 5. The van der Waals surface area contributed by atoms with Crippen molar-refractivity contribution in [1.82, 2.24) is 0 Å². The standard InChI is InChI=1S/C16H18F2O4S/c17-16(18)22-12-3-1-2-10(6-12)7-15(19)11-8-13-4-5-14(9-11)23(13,20)21/h1-3,6,11,13-14,16H,4-5,7-9H2. The largest absolute Gasteiger partial charge is 0.435 e. The molecular weight excluding hydrogens is 326 g/mol. The fourth-order valence-electron chi connectivity index (χ4n) is 3.65. The lowest BCUT2D eigenvalue weighted by Crippen LogP contribution is -2.36. The van der Waals surface area contributed by atoms with Crippen LogP contribution < -0.4 is 4.74 Å². The quantitative estimate of drug-likeness (QED) is 0.824. The molecule has 2 aliphatic rings. The molecule has 23 heavy (non-hydrogen) atoms. The molecule has 2 aliphatic heterocycles. The van der Waals surface area contributed by atoms with Crippen LogP contribution in [0.5, 0.6) is 5.75 Å². The zero-order valence-electron chi connectivity index (χ0n) is 12.5. The zero-order valence-corrected chi connectivity index (χ0v) is 13.3. The number of fused-ring (bicyclic) bond motifs is 2. The molecule has 2 fully saturated rings. The summed E-state index contributed by atoms with van der Waals surface area (Å²) in [4.78, 5) is 12.4. The highest BCUT2D eigenvalue weighted by Gasteiger charge is 2.48. The lowest BCUT2D eigenvalue weighted by Gasteiger charge is -2.27. The van der Waals surface area contributed by atoms with Crippen molar-refractivity contribution >= 4 is 15.6 Å². The molecule has 0 aromatic heterocycles. The van der Waals surface area contributed by atoms with Crippen LogP contribution in [0.25, 0.3) is 0 Å². The van der Waals surface area contributed by atoms with Crippen molar-refractivity contribution in [2.75, 3.05) is 0 Å². The van der Waals surface area contributed by atoms with E-state index in [2.05, 4.69) is 4.74 Å². The number of hydrogen-bond donors (Lipinski definition) is 0. The highest BCUT2D eigenvalue weighted by molar-refractivity contribution is 7.93. The topological polar surface area (TPSA) is 60.4 Å². The van der Waals surface area contributed by atoms with E-state index in [-0.39, 0.29) is 34.4 Å². The Morgan fingerprint density at radius 3 is 2.48 bits per heavy atom. The van der Waals surface area contributed by atoms with Gasteiger partial charge in [-0.25, -0.2) is 8.42 Å². The number of sulfone groups is 1. The molecule has 7 heteroatoms. The predicted molar refractivity (Wildman–Crippen MR) is 80.2 cm³/mol. The number of carbonyl (C=O) groups excluding carboxylic acids is 1. The van der Waals surface area contributed by atoms with E-state index in [1.54, 1.807) is 12.1 Å². The van der Waals surface area contributed by atoms with Crippen molar-refractivity contribution in [3.63, 3.8) is 0 Å². The number of alkyl halides is 2. The summed E-state index contributed by atoms with van der Waals surface area (Å²) in [7, 11) is -3.04. The molecule has 0 spiro atoms. The maximum atomic E-state index is 12.4. The van der Waals surface area contributed by atoms with Crippen LogP contribution in [0.4, 0.5) is 8.78 Å². The molecule has 0 saturated carbocycles. The van der Waals surface area contributed by atoms with Crippen LogP contribution in [0.1, 0.15) is 31.2 Å². The molecule has 2 saturated heterocycles. The smallest absolute Gasteiger partial charge is 0.387 e. The number of ether oxygens (including phenoxy) is 1. The molecule has 0 amide bonds. The average molecular weight is 344 g/mol. The maximum absolute atomic E-state index is 12.4. The first-order chi connectivity index (χ1) is 10.9. The van der Waals surface area contributed by atoms with Crippen molar-refractivity contribution in [3.05, 3.63) is 29.8 Å². The van der Waals surface area contributed by atoms with Gasteiger partial charge in [-0.1, -0.05) is 12.1 Å². The highest BCUT2D eigenvalue weighted by Crippen LogP contribution is 2.41. The van der Waals surface area contributed by atoms with Gasteiger partial charge in [-0.15, -0.1) is 0 Å². The average Bonchev–Trinajstić information content (AvgIpc) is 2.66. The summed E-state index contributed by atoms with van der Waals surface area (Å²) in [6.07, 6.45) is 2.20. The molecule has 1 aromatic carbocycles. The van der Waals surface area contributed by atoms with Crippen molar-refractivity contribution in [1.29, 1.82) is 0 Å². The summed E-state index contributed by atoms with van der Waals surface area (Å²) in [5, 5.41) is -0.771. The van der Waals surface area contributed by atoms with Crippen LogP contribution in [0.15, 0.2) is 24.3 Å². The molecule has 2 heterocycles. The third-order valence-corrected chi connectivity index (χ3v) is 7.51. The first kappa shape index (κ1) is 16.4. The molecule has 126 valence electrons. The van der Waals surface area contributed by atoms with E-state index in [1.807, 2.05) is 0 Å². The van der Waals surface area contributed by atoms with Gasteiger partial charge in [0.2, 0.25) is 0 Å². The van der Waals surface area contributed by atoms with E-state index in [4.69, 9.17) is 0 Å². The van der Waals surface area contributed by atoms with Gasteiger partial charge in [0.1, 0.15) is 11.5 Å². The third kappa shape index (κ3) is 3.39. The number of Topliss-reactive ketones (excluding diaryl/α,β-unsaturated/α-hetero) is 1. The number of carbonyl (C=O) groups is 1. The Morgan fingerprint density at radius 2 is 1.87 bits per heavy atom. The summed E-state index contributed by atoms with van der Waals surface area (Å²) < 4.78 is 52.9. The van der Waals surface area contributed by atoms with Gasteiger partial charge in [0.05, 0.1) is 10.5 Å². The van der Waals surface area contributed by atoms with Crippen molar-refractivity contribution in [3.8, 4) is 5.75 Å². The molecule has 3 rings (SSSR count). The number of hydrogen-bond acceptors (Lipinski definition) is 4. The molecule has 0 N–H and O–H groups in total. The van der Waals surface area contributed by atoms with E-state index in [0.717, 1.165) is 0 Å². The summed E-state index contributed by atoms with van der Waals surface area (Å²) in [5.41, 5.74) is 0.605. The minimum Gasteiger partial charge on any atom is -0.435 e. The predicted octanol–water partition coefficient (Wildman–Crippen LogP) is 2.76. The summed E-state index contributed by atoms with van der Waals surface area (Å²) in [6.45, 7) is -2.90. The van der Waals surface area contributed by atoms with E-state index in [9.17, 15) is 22.0 Å². The Balaban J connectivity index is 1.66. The zero-order chi connectivity index (χ0) is 16.6. The monoisotopic (exact) mass is 344 g/mol. The second kappa shape index (κ2) is 6.19. The molecule has 0 aliphatic carbocycles. The molecular formula is C16H18F2O4S. The normalized spacial score (nSPS) is 28.7. The third-order valence-electron chi connectivity index (χ3n) is 4.79. The van der Waals surface area contributed by atoms with Crippen LogP contribution in [-0.4, -0.2) is 31.3 Å². The van der Waals surface area contributed by atoms with Crippen molar-refractivity contribution in [2.45, 2.75) is 49.2 Å². The van der Waals surface area contributed by atoms with Crippen LogP contribution in [0, 0.1) is 5.92 Å². The van der Waals surface area contributed by atoms with Gasteiger partial charge in [-0.2, -0.15) is 8.78 Å². The SMILES string of the molecule is O=C(Cc1cccc(OC(F)F)c1)C1CC2CCC(C1)S2(=O)=O. The first-order valence-corrected chi connectivity index (χ1v) is 9.26. The Kier molecular flexibility index (Phi) is 4.40. The summed E-state index contributed by atoms with van der Waals surface area (Å²) in [5.74, 6) is -0.252. The summed E-state index contributed by atoms with van der Waals surface area (Å²) >= 11 is 0. The second-order valence-electron chi connectivity index (χ2n) is 6.25. The minimum absolute atomic E-state index is 0.0222. The van der Waals surface area contributed by atoms with E-state index in [1.165, 1.54) is 12.1 Å². The first-order valence-electron chi connectivity index (χ1n) is 7.65. The van der Waals surface area contributed by atoms with Crippen LogP contribution >= 0.6 is 0 Å². The van der Waals surface area contributed by atoms with Gasteiger partial charge in [0, 0.05) is 12.3 Å². The van der Waals surface area contributed by atoms with Crippen LogP contribution in [0.2, 0.25) is 0 Å². The van der Waals surface area contributed by atoms with Gasteiger partial charge >= 0.3 is 6.61 Å². The van der Waals surface area contributed by atoms with Gasteiger partial charge in [-0.3, -0.25) is 4.79 Å².